The Morgan fingerprint density at radius 1 is 1.22 bits per heavy atom. The summed E-state index contributed by atoms with van der Waals surface area (Å²) >= 11 is 0. The first-order valence-electron chi connectivity index (χ1n) is 7.98. The molecule has 0 heterocycles. The average molecular weight is 319 g/mol. The van der Waals surface area contributed by atoms with E-state index in [1.165, 1.54) is 12.1 Å². The molecule has 1 N–H and O–H groups in total. The van der Waals surface area contributed by atoms with E-state index in [4.69, 9.17) is 4.84 Å². The molecule has 0 aliphatic heterocycles. The summed E-state index contributed by atoms with van der Waals surface area (Å²) in [7, 11) is 0. The number of unbranched alkanes of at least 4 members (excludes halogenated alkanes) is 1. The first-order valence-corrected chi connectivity index (χ1v) is 7.98. The zero-order chi connectivity index (χ0) is 16.7. The lowest BCUT2D eigenvalue weighted by molar-refractivity contribution is -0.124. The fourth-order valence-corrected chi connectivity index (χ4v) is 2.69. The number of hydrogen-bond donors (Lipinski definition) is 1. The SMILES string of the molecule is CCONCCCC=C1C(=O)CC(c2ccc(F)cc2)CC1=O. The maximum absolute atomic E-state index is 13.0. The first-order chi connectivity index (χ1) is 11.1. The molecular weight excluding hydrogens is 297 g/mol. The molecule has 5 heteroatoms. The van der Waals surface area contributed by atoms with Crippen LogP contribution in [0.5, 0.6) is 0 Å². The summed E-state index contributed by atoms with van der Waals surface area (Å²) in [5, 5.41) is 0. The third kappa shape index (κ3) is 5.08. The van der Waals surface area contributed by atoms with Gasteiger partial charge in [-0.2, -0.15) is 0 Å². The van der Waals surface area contributed by atoms with Gasteiger partial charge in [0.1, 0.15) is 5.82 Å². The molecule has 1 aliphatic rings. The molecule has 2 rings (SSSR count). The number of nitrogens with one attached hydrogen (secondary N) is 1. The van der Waals surface area contributed by atoms with Crippen molar-refractivity contribution < 1.29 is 18.8 Å². The molecule has 1 fully saturated rings. The van der Waals surface area contributed by atoms with Gasteiger partial charge in [0.05, 0.1) is 12.2 Å². The molecule has 0 amide bonds. The third-order valence-corrected chi connectivity index (χ3v) is 3.88. The lowest BCUT2D eigenvalue weighted by Crippen LogP contribution is -2.25. The topological polar surface area (TPSA) is 55.4 Å². The molecule has 1 aromatic rings. The zero-order valence-corrected chi connectivity index (χ0v) is 13.3. The summed E-state index contributed by atoms with van der Waals surface area (Å²) < 4.78 is 13.0. The van der Waals surface area contributed by atoms with Crippen LogP contribution in [0.3, 0.4) is 0 Å². The highest BCUT2D eigenvalue weighted by molar-refractivity contribution is 6.22. The van der Waals surface area contributed by atoms with Gasteiger partial charge in [-0.1, -0.05) is 18.2 Å². The van der Waals surface area contributed by atoms with Crippen molar-refractivity contribution >= 4 is 11.6 Å². The molecule has 4 nitrogen and oxygen atoms in total. The van der Waals surface area contributed by atoms with Crippen molar-refractivity contribution in [3.05, 3.63) is 47.3 Å². The largest absolute Gasteiger partial charge is 0.302 e. The van der Waals surface area contributed by atoms with Crippen LogP contribution in [0.1, 0.15) is 44.1 Å². The van der Waals surface area contributed by atoms with Gasteiger partial charge in [-0.3, -0.25) is 9.59 Å². The molecule has 0 aromatic heterocycles. The number of allylic oxidation sites excluding steroid dienone is 2. The van der Waals surface area contributed by atoms with Crippen molar-refractivity contribution in [2.75, 3.05) is 13.2 Å². The second kappa shape index (κ2) is 8.70. The van der Waals surface area contributed by atoms with Gasteiger partial charge in [-0.25, -0.2) is 9.87 Å². The Kier molecular flexibility index (Phi) is 6.62. The van der Waals surface area contributed by atoms with Crippen LogP contribution in [-0.4, -0.2) is 24.7 Å². The van der Waals surface area contributed by atoms with E-state index in [0.717, 1.165) is 12.0 Å². The van der Waals surface area contributed by atoms with Gasteiger partial charge in [0.25, 0.3) is 0 Å². The van der Waals surface area contributed by atoms with Crippen LogP contribution in [0, 0.1) is 5.82 Å². The summed E-state index contributed by atoms with van der Waals surface area (Å²) in [6, 6.07) is 6.02. The number of carbonyl (C=O) groups is 2. The Hall–Kier alpha value is -1.85. The molecule has 0 saturated heterocycles. The van der Waals surface area contributed by atoms with Crippen molar-refractivity contribution in [2.45, 2.75) is 38.5 Å². The van der Waals surface area contributed by atoms with Crippen LogP contribution in [0.15, 0.2) is 35.9 Å². The van der Waals surface area contributed by atoms with Crippen LogP contribution >= 0.6 is 0 Å². The molecule has 1 saturated carbocycles. The zero-order valence-electron chi connectivity index (χ0n) is 13.3. The Balaban J connectivity index is 1.90. The molecule has 124 valence electrons. The summed E-state index contributed by atoms with van der Waals surface area (Å²) in [5.74, 6) is -0.697. The van der Waals surface area contributed by atoms with Crippen molar-refractivity contribution in [3.8, 4) is 0 Å². The second-order valence-electron chi connectivity index (χ2n) is 5.59. The van der Waals surface area contributed by atoms with Gasteiger partial charge in [-0.05, 0) is 43.4 Å². The predicted molar refractivity (Wildman–Crippen MR) is 85.3 cm³/mol. The standard InChI is InChI=1S/C18H22FNO3/c1-2-23-20-10-4-3-5-16-17(21)11-14(12-18(16)22)13-6-8-15(19)9-7-13/h5-9,14,20H,2-4,10-12H2,1H3. The number of carbonyl (C=O) groups excluding carboxylic acids is 2. The van der Waals surface area contributed by atoms with E-state index >= 15 is 0 Å². The quantitative estimate of drug-likeness (QED) is 0.363. The third-order valence-electron chi connectivity index (χ3n) is 3.88. The molecule has 0 spiro atoms. The van der Waals surface area contributed by atoms with Crippen LogP contribution < -0.4 is 5.48 Å². The maximum Gasteiger partial charge on any atom is 0.166 e. The number of rotatable bonds is 7. The summed E-state index contributed by atoms with van der Waals surface area (Å²) in [6.07, 6.45) is 3.81. The smallest absolute Gasteiger partial charge is 0.166 e. The normalized spacial score (nSPS) is 18.3. The van der Waals surface area contributed by atoms with E-state index in [-0.39, 0.29) is 23.3 Å². The maximum atomic E-state index is 13.0. The van der Waals surface area contributed by atoms with Crippen molar-refractivity contribution in [3.63, 3.8) is 0 Å². The number of ketones is 2. The number of Topliss-reactive ketones (excluding diaryl/α,β-unsaturated/α-hetero) is 2. The lowest BCUT2D eigenvalue weighted by atomic mass is 9.79. The van der Waals surface area contributed by atoms with Crippen LogP contribution in [-0.2, 0) is 14.4 Å². The van der Waals surface area contributed by atoms with Gasteiger partial charge in [0.2, 0.25) is 0 Å². The van der Waals surface area contributed by atoms with E-state index in [2.05, 4.69) is 5.48 Å². The molecule has 1 aromatic carbocycles. The second-order valence-corrected chi connectivity index (χ2v) is 5.59. The lowest BCUT2D eigenvalue weighted by Gasteiger charge is -2.22. The fourth-order valence-electron chi connectivity index (χ4n) is 2.69. The van der Waals surface area contributed by atoms with Crippen molar-refractivity contribution in [2.24, 2.45) is 0 Å². The Morgan fingerprint density at radius 2 is 1.87 bits per heavy atom. The van der Waals surface area contributed by atoms with E-state index in [1.54, 1.807) is 18.2 Å². The highest BCUT2D eigenvalue weighted by Crippen LogP contribution is 2.31. The van der Waals surface area contributed by atoms with Crippen molar-refractivity contribution in [1.82, 2.24) is 5.48 Å². The molecule has 0 radical (unpaired) electrons. The van der Waals surface area contributed by atoms with Crippen LogP contribution in [0.25, 0.3) is 0 Å². The van der Waals surface area contributed by atoms with Crippen LogP contribution in [0.4, 0.5) is 4.39 Å². The van der Waals surface area contributed by atoms with E-state index in [0.29, 0.717) is 38.0 Å². The van der Waals surface area contributed by atoms with E-state index in [1.807, 2.05) is 6.92 Å². The molecular formula is C18H22FNO3. The van der Waals surface area contributed by atoms with Gasteiger partial charge >= 0.3 is 0 Å². The monoisotopic (exact) mass is 319 g/mol. The minimum absolute atomic E-state index is 0.117. The summed E-state index contributed by atoms with van der Waals surface area (Å²) in [5.41, 5.74) is 3.96. The molecule has 0 unspecified atom stereocenters. The Labute approximate surface area is 135 Å². The Morgan fingerprint density at radius 3 is 2.48 bits per heavy atom. The van der Waals surface area contributed by atoms with Crippen molar-refractivity contribution in [1.29, 1.82) is 0 Å². The minimum Gasteiger partial charge on any atom is -0.302 e. The van der Waals surface area contributed by atoms with Gasteiger partial charge in [0.15, 0.2) is 11.6 Å². The van der Waals surface area contributed by atoms with E-state index < -0.39 is 0 Å². The number of benzene rings is 1. The van der Waals surface area contributed by atoms with Gasteiger partial charge in [-0.15, -0.1) is 0 Å². The number of halogens is 1. The number of hydroxylamine groups is 1. The van der Waals surface area contributed by atoms with Gasteiger partial charge in [0, 0.05) is 19.4 Å². The first kappa shape index (κ1) is 17.5. The highest BCUT2D eigenvalue weighted by Gasteiger charge is 2.30. The van der Waals surface area contributed by atoms with E-state index in [9.17, 15) is 14.0 Å². The fraction of sp³-hybridized carbons (Fsp3) is 0.444. The molecule has 23 heavy (non-hydrogen) atoms. The summed E-state index contributed by atoms with van der Waals surface area (Å²) in [4.78, 5) is 29.4. The molecule has 0 atom stereocenters. The van der Waals surface area contributed by atoms with Crippen LogP contribution in [0.2, 0.25) is 0 Å². The molecule has 1 aliphatic carbocycles. The minimum atomic E-state index is -0.316. The summed E-state index contributed by atoms with van der Waals surface area (Å²) in [6.45, 7) is 3.17. The highest BCUT2D eigenvalue weighted by atomic mass is 19.1. The molecule has 0 bridgehead atoms. The predicted octanol–water partition coefficient (Wildman–Crippen LogP) is 3.09. The number of hydrogen-bond acceptors (Lipinski definition) is 4. The average Bonchev–Trinajstić information content (AvgIpc) is 2.53. The van der Waals surface area contributed by atoms with Gasteiger partial charge < -0.3 is 4.84 Å². The Bertz CT molecular complexity index is 560.